The highest BCUT2D eigenvalue weighted by Crippen LogP contribution is 2.44. The number of hydrogen-bond acceptors (Lipinski definition) is 2. The molecule has 0 atom stereocenters. The van der Waals surface area contributed by atoms with Crippen molar-refractivity contribution in [2.24, 2.45) is 0 Å². The fourth-order valence-electron chi connectivity index (χ4n) is 6.22. The van der Waals surface area contributed by atoms with Crippen LogP contribution in [-0.2, 0) is 0 Å². The molecule has 3 heterocycles. The zero-order chi connectivity index (χ0) is 25.5. The van der Waals surface area contributed by atoms with Gasteiger partial charge in [0.05, 0.1) is 15.7 Å². The molecule has 1 nitrogen and oxygen atoms in total. The van der Waals surface area contributed by atoms with Crippen molar-refractivity contribution in [3.63, 3.8) is 0 Å². The first-order chi connectivity index (χ1) is 19.3. The highest BCUT2D eigenvalue weighted by Gasteiger charge is 2.18. The minimum absolute atomic E-state index is 1.20. The van der Waals surface area contributed by atoms with Crippen LogP contribution < -0.4 is 0 Å². The molecule has 0 aliphatic heterocycles. The van der Waals surface area contributed by atoms with Crippen molar-refractivity contribution < 1.29 is 0 Å². The molecule has 3 heteroatoms. The van der Waals surface area contributed by atoms with Gasteiger partial charge in [-0.25, -0.2) is 0 Å². The predicted octanol–water partition coefficient (Wildman–Crippen LogP) is 11.2. The normalized spacial score (nSPS) is 12.1. The second kappa shape index (κ2) is 8.03. The first-order valence-electron chi connectivity index (χ1n) is 13.2. The van der Waals surface area contributed by atoms with Crippen LogP contribution >= 0.6 is 22.7 Å². The number of aromatic nitrogens is 1. The van der Waals surface area contributed by atoms with E-state index in [1.54, 1.807) is 0 Å². The number of rotatable bonds is 2. The van der Waals surface area contributed by atoms with Gasteiger partial charge in [-0.3, -0.25) is 0 Å². The monoisotopic (exact) mass is 531 g/mol. The molecule has 0 spiro atoms. The molecule has 0 aliphatic rings. The van der Waals surface area contributed by atoms with Gasteiger partial charge in [0.1, 0.15) is 0 Å². The molecule has 3 aromatic heterocycles. The number of nitrogens with zero attached hydrogens (tertiary/aromatic N) is 1. The van der Waals surface area contributed by atoms with Crippen molar-refractivity contribution in [2.45, 2.75) is 0 Å². The summed E-state index contributed by atoms with van der Waals surface area (Å²) >= 11 is 3.79. The number of fused-ring (bicyclic) bond motifs is 10. The van der Waals surface area contributed by atoms with Crippen molar-refractivity contribution in [1.82, 2.24) is 4.57 Å². The van der Waals surface area contributed by atoms with Gasteiger partial charge in [0.2, 0.25) is 0 Å². The zero-order valence-corrected chi connectivity index (χ0v) is 22.5. The van der Waals surface area contributed by atoms with Crippen LogP contribution in [0.25, 0.3) is 79.0 Å². The van der Waals surface area contributed by atoms with Crippen molar-refractivity contribution in [2.75, 3.05) is 0 Å². The van der Waals surface area contributed by atoms with Gasteiger partial charge in [-0.1, -0.05) is 84.9 Å². The third kappa shape index (κ3) is 3.06. The van der Waals surface area contributed by atoms with Crippen LogP contribution in [0.3, 0.4) is 0 Å². The summed E-state index contributed by atoms with van der Waals surface area (Å²) in [4.78, 5) is 0. The average Bonchev–Trinajstić information content (AvgIpc) is 3.65. The summed E-state index contributed by atoms with van der Waals surface area (Å²) in [6.07, 6.45) is 0. The van der Waals surface area contributed by atoms with Crippen LogP contribution in [-0.4, -0.2) is 4.57 Å². The molecule has 9 rings (SSSR count). The Morgan fingerprint density at radius 3 is 2.13 bits per heavy atom. The van der Waals surface area contributed by atoms with E-state index in [0.29, 0.717) is 0 Å². The molecule has 0 amide bonds. The van der Waals surface area contributed by atoms with Gasteiger partial charge in [-0.05, 0) is 64.4 Å². The fourth-order valence-corrected chi connectivity index (χ4v) is 8.58. The van der Waals surface area contributed by atoms with E-state index in [4.69, 9.17) is 0 Å². The van der Waals surface area contributed by atoms with Crippen LogP contribution in [0, 0.1) is 0 Å². The number of thiophene rings is 2. The molecule has 0 saturated carbocycles. The molecular formula is C36H21NS2. The van der Waals surface area contributed by atoms with Crippen molar-refractivity contribution in [1.29, 1.82) is 0 Å². The van der Waals surface area contributed by atoms with Crippen LogP contribution in [0.2, 0.25) is 0 Å². The van der Waals surface area contributed by atoms with Crippen LogP contribution in [0.1, 0.15) is 0 Å². The molecule has 0 aliphatic carbocycles. The number of para-hydroxylation sites is 2. The molecule has 182 valence electrons. The lowest BCUT2D eigenvalue weighted by Crippen LogP contribution is -1.92. The van der Waals surface area contributed by atoms with Gasteiger partial charge in [0, 0.05) is 41.3 Å². The third-order valence-electron chi connectivity index (χ3n) is 7.98. The third-order valence-corrected chi connectivity index (χ3v) is 10.3. The Morgan fingerprint density at radius 1 is 0.462 bits per heavy atom. The first kappa shape index (κ1) is 21.5. The molecule has 0 N–H and O–H groups in total. The standard InChI is InChI=1S/C36H21NS2/c1-2-9-25(10-3-1)37-30-13-7-6-12-27(30)36-35(37)29-20-23(16-18-31(29)39-36)24-14-17-28-33(21-24)38-32-19-15-22-8-4-5-11-26(22)34(28)32/h1-21H. The zero-order valence-electron chi connectivity index (χ0n) is 20.9. The average molecular weight is 532 g/mol. The van der Waals surface area contributed by atoms with Crippen LogP contribution in [0.5, 0.6) is 0 Å². The smallest absolute Gasteiger partial charge is 0.0727 e. The van der Waals surface area contributed by atoms with Gasteiger partial charge < -0.3 is 4.57 Å². The maximum absolute atomic E-state index is 2.44. The lowest BCUT2D eigenvalue weighted by molar-refractivity contribution is 1.19. The van der Waals surface area contributed by atoms with E-state index < -0.39 is 0 Å². The highest BCUT2D eigenvalue weighted by atomic mass is 32.1. The molecule has 6 aromatic carbocycles. The molecular weight excluding hydrogens is 511 g/mol. The van der Waals surface area contributed by atoms with E-state index in [1.165, 1.54) is 79.0 Å². The lowest BCUT2D eigenvalue weighted by Gasteiger charge is -2.08. The maximum Gasteiger partial charge on any atom is 0.0727 e. The van der Waals surface area contributed by atoms with E-state index in [0.717, 1.165) is 0 Å². The van der Waals surface area contributed by atoms with Crippen molar-refractivity contribution in [3.8, 4) is 16.8 Å². The molecule has 39 heavy (non-hydrogen) atoms. The Bertz CT molecular complexity index is 2390. The first-order valence-corrected chi connectivity index (χ1v) is 14.8. The maximum atomic E-state index is 2.44. The van der Waals surface area contributed by atoms with E-state index in [1.807, 2.05) is 22.7 Å². The Labute approximate surface area is 232 Å². The summed E-state index contributed by atoms with van der Waals surface area (Å²) in [5, 5.41) is 7.99. The molecule has 0 fully saturated rings. The summed E-state index contributed by atoms with van der Waals surface area (Å²) in [6.45, 7) is 0. The van der Waals surface area contributed by atoms with E-state index in [9.17, 15) is 0 Å². The molecule has 9 aromatic rings. The number of benzene rings is 6. The Kier molecular flexibility index (Phi) is 4.43. The minimum Gasteiger partial charge on any atom is -0.308 e. The van der Waals surface area contributed by atoms with Crippen LogP contribution in [0.4, 0.5) is 0 Å². The van der Waals surface area contributed by atoms with Gasteiger partial charge in [-0.2, -0.15) is 0 Å². The molecule has 0 unspecified atom stereocenters. The van der Waals surface area contributed by atoms with Gasteiger partial charge in [0.25, 0.3) is 0 Å². The van der Waals surface area contributed by atoms with E-state index in [2.05, 4.69) is 132 Å². The SMILES string of the molecule is c1ccc(-n2c3ccccc3c3sc4ccc(-c5ccc6c(c5)sc5ccc7ccccc7c56)cc4c32)cc1. The summed E-state index contributed by atoms with van der Waals surface area (Å²) in [6, 6.07) is 46.8. The second-order valence-corrected chi connectivity index (χ2v) is 12.3. The Morgan fingerprint density at radius 2 is 1.21 bits per heavy atom. The molecule has 0 bridgehead atoms. The van der Waals surface area contributed by atoms with Gasteiger partial charge in [0.15, 0.2) is 0 Å². The van der Waals surface area contributed by atoms with E-state index >= 15 is 0 Å². The summed E-state index contributed by atoms with van der Waals surface area (Å²) in [7, 11) is 0. The summed E-state index contributed by atoms with van der Waals surface area (Å²) in [5.41, 5.74) is 6.29. The topological polar surface area (TPSA) is 4.93 Å². The molecule has 0 saturated heterocycles. The Balaban J connectivity index is 1.29. The summed E-state index contributed by atoms with van der Waals surface area (Å²) in [5.74, 6) is 0. The quantitative estimate of drug-likeness (QED) is 0.209. The van der Waals surface area contributed by atoms with Crippen molar-refractivity contribution in [3.05, 3.63) is 127 Å². The second-order valence-electron chi connectivity index (χ2n) is 10.2. The van der Waals surface area contributed by atoms with Crippen LogP contribution in [0.15, 0.2) is 127 Å². The van der Waals surface area contributed by atoms with E-state index in [-0.39, 0.29) is 0 Å². The highest BCUT2D eigenvalue weighted by molar-refractivity contribution is 7.27. The fraction of sp³-hybridized carbons (Fsp3) is 0. The molecule has 0 radical (unpaired) electrons. The minimum atomic E-state index is 1.20. The summed E-state index contributed by atoms with van der Waals surface area (Å²) < 4.78 is 7.81. The van der Waals surface area contributed by atoms with Gasteiger partial charge >= 0.3 is 0 Å². The number of hydrogen-bond donors (Lipinski definition) is 0. The Hall–Kier alpha value is -4.44. The largest absolute Gasteiger partial charge is 0.308 e. The van der Waals surface area contributed by atoms with Gasteiger partial charge in [-0.15, -0.1) is 22.7 Å². The lowest BCUT2D eigenvalue weighted by atomic mass is 10.0. The van der Waals surface area contributed by atoms with Crippen molar-refractivity contribution >= 4 is 84.8 Å². The predicted molar refractivity (Wildman–Crippen MR) is 172 cm³/mol.